The fraction of sp³-hybridized carbons (Fsp3) is 0.944. The third-order valence-corrected chi connectivity index (χ3v) is 6.43. The maximum absolute atomic E-state index is 12.3. The van der Waals surface area contributed by atoms with Crippen LogP contribution in [-0.4, -0.2) is 55.6 Å². The highest BCUT2D eigenvalue weighted by Crippen LogP contribution is 2.40. The van der Waals surface area contributed by atoms with E-state index in [9.17, 15) is 31.1 Å². The molecule has 4 fully saturated rings. The van der Waals surface area contributed by atoms with Gasteiger partial charge in [-0.15, -0.1) is 0 Å². The minimum Gasteiger partial charge on any atom is -0.426 e. The summed E-state index contributed by atoms with van der Waals surface area (Å²) < 4.78 is 77.3. The first kappa shape index (κ1) is 21.5. The van der Waals surface area contributed by atoms with Gasteiger partial charge < -0.3 is 15.0 Å². The van der Waals surface area contributed by atoms with Crippen molar-refractivity contribution >= 4 is 6.09 Å². The van der Waals surface area contributed by atoms with Crippen LogP contribution in [0.15, 0.2) is 0 Å². The summed E-state index contributed by atoms with van der Waals surface area (Å²) in [5.74, 6) is 2.46. The highest BCUT2D eigenvalue weighted by atomic mass is 19.4. The van der Waals surface area contributed by atoms with Crippen LogP contribution in [0, 0.1) is 23.7 Å². The minimum absolute atomic E-state index is 0.165. The van der Waals surface area contributed by atoms with Gasteiger partial charge >= 0.3 is 18.4 Å². The maximum Gasteiger partial charge on any atom is 0.434 e. The van der Waals surface area contributed by atoms with E-state index < -0.39 is 24.5 Å². The molecule has 10 heteroatoms. The molecule has 28 heavy (non-hydrogen) atoms. The molecule has 2 aliphatic heterocycles. The largest absolute Gasteiger partial charge is 0.434 e. The second kappa shape index (κ2) is 8.28. The first-order chi connectivity index (χ1) is 13.1. The molecule has 4 nitrogen and oxygen atoms in total. The zero-order chi connectivity index (χ0) is 20.5. The number of alkyl halides is 6. The summed E-state index contributed by atoms with van der Waals surface area (Å²) in [6, 6.07) is 0. The number of likely N-dealkylation sites (tertiary alicyclic amines) is 1. The third-order valence-electron chi connectivity index (χ3n) is 6.43. The smallest absolute Gasteiger partial charge is 0.426 e. The number of carbonyl (C=O) groups excluding carboxylic acids is 1. The van der Waals surface area contributed by atoms with Gasteiger partial charge in [0.25, 0.3) is 6.10 Å². The van der Waals surface area contributed by atoms with E-state index in [0.29, 0.717) is 0 Å². The number of nitrogens with one attached hydrogen (secondary N) is 1. The van der Waals surface area contributed by atoms with E-state index in [-0.39, 0.29) is 24.9 Å². The van der Waals surface area contributed by atoms with Gasteiger partial charge in [0.2, 0.25) is 0 Å². The molecule has 0 aromatic rings. The predicted octanol–water partition coefficient (Wildman–Crippen LogP) is 4.35. The first-order valence-corrected chi connectivity index (χ1v) is 9.85. The third kappa shape index (κ3) is 5.04. The van der Waals surface area contributed by atoms with Crippen molar-refractivity contribution in [3.63, 3.8) is 0 Å². The monoisotopic (exact) mass is 416 g/mol. The first-order valence-electron chi connectivity index (χ1n) is 9.85. The summed E-state index contributed by atoms with van der Waals surface area (Å²) in [5.41, 5.74) is 0. The molecule has 0 aromatic heterocycles. The van der Waals surface area contributed by atoms with E-state index in [1.54, 1.807) is 0 Å². The lowest BCUT2D eigenvalue weighted by Crippen LogP contribution is -2.48. The van der Waals surface area contributed by atoms with Gasteiger partial charge in [0.15, 0.2) is 0 Å². The molecule has 4 atom stereocenters. The number of rotatable bonds is 1. The number of hydrogen-bond acceptors (Lipinski definition) is 3. The van der Waals surface area contributed by atoms with E-state index in [0.717, 1.165) is 36.0 Å². The molecule has 4 aliphatic rings. The van der Waals surface area contributed by atoms with E-state index in [2.05, 4.69) is 10.1 Å². The van der Waals surface area contributed by atoms with Crippen LogP contribution >= 0.6 is 0 Å². The fourth-order valence-electron chi connectivity index (χ4n) is 4.98. The normalized spacial score (nSPS) is 32.2. The standard InChI is InChI=1S/C11H13F6NO2.C7H13N/c12-10(13,14)8(11(15,16)17)20-9(19)18-4-6-2-1-3-7(6)5-18;1-2-6-4-8-5-7(6)3-1/h6-8H,1-5H2;6-8H,1-5H2. The Hall–Kier alpha value is -1.19. The second-order valence-electron chi connectivity index (χ2n) is 8.31. The Bertz CT molecular complexity index is 507. The average molecular weight is 416 g/mol. The van der Waals surface area contributed by atoms with Crippen LogP contribution in [0.4, 0.5) is 31.1 Å². The van der Waals surface area contributed by atoms with Crippen molar-refractivity contribution in [1.29, 1.82) is 0 Å². The van der Waals surface area contributed by atoms with Crippen LogP contribution in [0.2, 0.25) is 0 Å². The van der Waals surface area contributed by atoms with Crippen LogP contribution in [-0.2, 0) is 4.74 Å². The maximum atomic E-state index is 12.3. The summed E-state index contributed by atoms with van der Waals surface area (Å²) >= 11 is 0. The number of ether oxygens (including phenoxy) is 1. The molecule has 162 valence electrons. The van der Waals surface area contributed by atoms with Crippen LogP contribution in [0.1, 0.15) is 38.5 Å². The molecule has 2 aliphatic carbocycles. The lowest BCUT2D eigenvalue weighted by molar-refractivity contribution is -0.308. The molecule has 0 radical (unpaired) electrons. The van der Waals surface area contributed by atoms with Crippen molar-refractivity contribution < 1.29 is 35.9 Å². The molecule has 2 saturated heterocycles. The van der Waals surface area contributed by atoms with Crippen LogP contribution < -0.4 is 5.32 Å². The molecule has 1 N–H and O–H groups in total. The molecule has 4 unspecified atom stereocenters. The summed E-state index contributed by atoms with van der Waals surface area (Å²) in [7, 11) is 0. The lowest BCUT2D eigenvalue weighted by Gasteiger charge is -2.25. The molecule has 0 aromatic carbocycles. The number of halogens is 6. The Kier molecular flexibility index (Phi) is 6.36. The fourth-order valence-corrected chi connectivity index (χ4v) is 4.98. The molecule has 2 saturated carbocycles. The summed E-state index contributed by atoms with van der Waals surface area (Å²) in [5, 5.41) is 3.42. The van der Waals surface area contributed by atoms with Gasteiger partial charge in [0.1, 0.15) is 0 Å². The van der Waals surface area contributed by atoms with E-state index >= 15 is 0 Å². The number of carbonyl (C=O) groups is 1. The Morgan fingerprint density at radius 1 is 0.821 bits per heavy atom. The number of amides is 1. The molecule has 1 amide bonds. The second-order valence-corrected chi connectivity index (χ2v) is 8.31. The van der Waals surface area contributed by atoms with Crippen molar-refractivity contribution in [2.24, 2.45) is 23.7 Å². The van der Waals surface area contributed by atoms with E-state index in [1.807, 2.05) is 0 Å². The van der Waals surface area contributed by atoms with Crippen molar-refractivity contribution in [2.75, 3.05) is 26.2 Å². The van der Waals surface area contributed by atoms with E-state index in [1.165, 1.54) is 32.4 Å². The summed E-state index contributed by atoms with van der Waals surface area (Å²) in [6.45, 7) is 2.97. The van der Waals surface area contributed by atoms with Gasteiger partial charge in [-0.25, -0.2) is 4.79 Å². The van der Waals surface area contributed by atoms with Crippen LogP contribution in [0.25, 0.3) is 0 Å². The van der Waals surface area contributed by atoms with Gasteiger partial charge in [-0.05, 0) is 62.4 Å². The van der Waals surface area contributed by atoms with Gasteiger partial charge in [0.05, 0.1) is 0 Å². The van der Waals surface area contributed by atoms with Crippen LogP contribution in [0.3, 0.4) is 0 Å². The van der Waals surface area contributed by atoms with Crippen molar-refractivity contribution in [2.45, 2.75) is 57.0 Å². The SMILES string of the molecule is C1CC2CNCC2C1.O=C(OC(C(F)(F)F)C(F)(F)F)N1CC2CCCC2C1. The topological polar surface area (TPSA) is 41.6 Å². The van der Waals surface area contributed by atoms with Crippen molar-refractivity contribution in [3.8, 4) is 0 Å². The molecule has 0 spiro atoms. The highest BCUT2D eigenvalue weighted by molar-refractivity contribution is 5.68. The average Bonchev–Trinajstić information content (AvgIpc) is 3.28. The van der Waals surface area contributed by atoms with Gasteiger partial charge in [-0.2, -0.15) is 26.3 Å². The Morgan fingerprint density at radius 2 is 1.25 bits per heavy atom. The quantitative estimate of drug-likeness (QED) is 0.646. The number of fused-ring (bicyclic) bond motifs is 2. The van der Waals surface area contributed by atoms with Gasteiger partial charge in [-0.1, -0.05) is 12.8 Å². The number of hydrogen-bond donors (Lipinski definition) is 1. The zero-order valence-electron chi connectivity index (χ0n) is 15.5. The van der Waals surface area contributed by atoms with Crippen LogP contribution in [0.5, 0.6) is 0 Å². The predicted molar refractivity (Wildman–Crippen MR) is 88.5 cm³/mol. The Balaban J connectivity index is 0.000000231. The zero-order valence-corrected chi connectivity index (χ0v) is 15.5. The molecule has 0 bridgehead atoms. The molecule has 2 heterocycles. The number of nitrogens with zero attached hydrogens (tertiary/aromatic N) is 1. The minimum atomic E-state index is -5.66. The Labute approximate surface area is 160 Å². The summed E-state index contributed by atoms with van der Waals surface area (Å²) in [6.07, 6.45) is -9.78. The van der Waals surface area contributed by atoms with Crippen molar-refractivity contribution in [3.05, 3.63) is 0 Å². The van der Waals surface area contributed by atoms with Crippen molar-refractivity contribution in [1.82, 2.24) is 10.2 Å². The molecular formula is C18H26F6N2O2. The van der Waals surface area contributed by atoms with Gasteiger partial charge in [0, 0.05) is 13.1 Å². The van der Waals surface area contributed by atoms with Gasteiger partial charge in [-0.3, -0.25) is 0 Å². The lowest BCUT2D eigenvalue weighted by atomic mass is 10.0. The van der Waals surface area contributed by atoms with E-state index in [4.69, 9.17) is 0 Å². The molecular weight excluding hydrogens is 390 g/mol. The molecule has 4 rings (SSSR count). The highest BCUT2D eigenvalue weighted by Gasteiger charge is 2.60. The Morgan fingerprint density at radius 3 is 1.68 bits per heavy atom. The summed E-state index contributed by atoms with van der Waals surface area (Å²) in [4.78, 5) is 12.4.